The Balaban J connectivity index is 1.56. The minimum Gasteiger partial charge on any atom is -0.433 e. The first-order valence-corrected chi connectivity index (χ1v) is 13.2. The molecule has 0 radical (unpaired) electrons. The summed E-state index contributed by atoms with van der Waals surface area (Å²) in [6, 6.07) is 4.58. The third kappa shape index (κ3) is 7.68. The maximum Gasteiger partial charge on any atom is 0.421 e. The SMILES string of the molecule is CC1CCCN(c2nc(Nc3ccc(SN=CC4CCCCC4)cc3OC(F)F)ncc2C(F)(F)F)C1. The molecule has 1 saturated heterocycles. The number of hydrogen-bond acceptors (Lipinski definition) is 7. The van der Waals surface area contributed by atoms with Crippen molar-refractivity contribution in [3.63, 3.8) is 0 Å². The molecule has 202 valence electrons. The van der Waals surface area contributed by atoms with E-state index in [1.165, 1.54) is 31.4 Å². The number of piperidine rings is 1. The Kier molecular flexibility index (Phi) is 9.09. The second-order valence-corrected chi connectivity index (χ2v) is 10.4. The number of hydrogen-bond donors (Lipinski definition) is 1. The first-order chi connectivity index (χ1) is 17.7. The summed E-state index contributed by atoms with van der Waals surface area (Å²) in [6.07, 6.45) is 5.46. The highest BCUT2D eigenvalue weighted by Gasteiger charge is 2.37. The van der Waals surface area contributed by atoms with E-state index >= 15 is 0 Å². The van der Waals surface area contributed by atoms with Gasteiger partial charge in [-0.2, -0.15) is 26.9 Å². The molecule has 1 aliphatic heterocycles. The molecule has 12 heteroatoms. The van der Waals surface area contributed by atoms with Crippen molar-refractivity contribution in [3.05, 3.63) is 30.0 Å². The van der Waals surface area contributed by atoms with Gasteiger partial charge in [-0.3, -0.25) is 0 Å². The van der Waals surface area contributed by atoms with Crippen LogP contribution in [0.4, 0.5) is 39.4 Å². The summed E-state index contributed by atoms with van der Waals surface area (Å²) in [6.45, 7) is -0.235. The normalized spacial score (nSPS) is 19.5. The molecule has 4 rings (SSSR count). The molecular formula is C25H30F5N5OS. The number of benzene rings is 1. The van der Waals surface area contributed by atoms with Gasteiger partial charge in [-0.25, -0.2) is 9.38 Å². The first kappa shape index (κ1) is 27.4. The summed E-state index contributed by atoms with van der Waals surface area (Å²) in [7, 11) is 0. The molecule has 1 aromatic heterocycles. The van der Waals surface area contributed by atoms with E-state index in [2.05, 4.69) is 24.4 Å². The maximum atomic E-state index is 13.7. The fourth-order valence-corrected chi connectivity index (χ4v) is 5.34. The molecule has 2 aromatic rings. The van der Waals surface area contributed by atoms with Crippen molar-refractivity contribution in [2.45, 2.75) is 69.6 Å². The molecule has 2 aliphatic rings. The van der Waals surface area contributed by atoms with Crippen molar-refractivity contribution in [3.8, 4) is 5.75 Å². The monoisotopic (exact) mass is 543 g/mol. The van der Waals surface area contributed by atoms with Gasteiger partial charge >= 0.3 is 12.8 Å². The first-order valence-electron chi connectivity index (χ1n) is 12.4. The van der Waals surface area contributed by atoms with E-state index in [1.807, 2.05) is 13.1 Å². The zero-order valence-electron chi connectivity index (χ0n) is 20.5. The lowest BCUT2D eigenvalue weighted by Gasteiger charge is -2.33. The fraction of sp³-hybridized carbons (Fsp3) is 0.560. The minimum absolute atomic E-state index is 0.110. The molecule has 1 unspecified atom stereocenters. The molecule has 1 aromatic carbocycles. The van der Waals surface area contributed by atoms with Crippen molar-refractivity contribution >= 4 is 35.6 Å². The molecule has 1 saturated carbocycles. The number of alkyl halides is 5. The molecule has 1 N–H and O–H groups in total. The Labute approximate surface area is 217 Å². The highest BCUT2D eigenvalue weighted by molar-refractivity contribution is 7.98. The Hall–Kier alpha value is -2.63. The minimum atomic E-state index is -4.63. The maximum absolute atomic E-state index is 13.7. The van der Waals surface area contributed by atoms with Crippen LogP contribution >= 0.6 is 11.9 Å². The summed E-state index contributed by atoms with van der Waals surface area (Å²) in [5.74, 6) is 0.101. The average molecular weight is 544 g/mol. The molecular weight excluding hydrogens is 513 g/mol. The van der Waals surface area contributed by atoms with Crippen molar-refractivity contribution < 1.29 is 26.7 Å². The Morgan fingerprint density at radius 2 is 1.95 bits per heavy atom. The zero-order valence-corrected chi connectivity index (χ0v) is 21.3. The number of nitrogens with zero attached hydrogens (tertiary/aromatic N) is 4. The predicted octanol–water partition coefficient (Wildman–Crippen LogP) is 7.73. The molecule has 1 aliphatic carbocycles. The van der Waals surface area contributed by atoms with Crippen LogP contribution in [0.25, 0.3) is 0 Å². The van der Waals surface area contributed by atoms with Crippen LogP contribution in [0.2, 0.25) is 0 Å². The van der Waals surface area contributed by atoms with E-state index < -0.39 is 18.4 Å². The lowest BCUT2D eigenvalue weighted by Crippen LogP contribution is -2.36. The molecule has 2 heterocycles. The summed E-state index contributed by atoms with van der Waals surface area (Å²) < 4.78 is 76.4. The number of nitrogens with one attached hydrogen (secondary N) is 1. The Morgan fingerprint density at radius 1 is 1.16 bits per heavy atom. The van der Waals surface area contributed by atoms with Gasteiger partial charge in [0.2, 0.25) is 5.95 Å². The molecule has 37 heavy (non-hydrogen) atoms. The average Bonchev–Trinajstić information content (AvgIpc) is 2.85. The van der Waals surface area contributed by atoms with E-state index in [1.54, 1.807) is 11.0 Å². The van der Waals surface area contributed by atoms with Gasteiger partial charge in [0.05, 0.1) is 5.69 Å². The number of aromatic nitrogens is 2. The van der Waals surface area contributed by atoms with E-state index in [0.717, 1.165) is 43.8 Å². The second kappa shape index (κ2) is 12.3. The summed E-state index contributed by atoms with van der Waals surface area (Å²) in [5, 5.41) is 2.76. The van der Waals surface area contributed by atoms with Crippen molar-refractivity contribution in [2.24, 2.45) is 16.2 Å². The largest absolute Gasteiger partial charge is 0.433 e. The van der Waals surface area contributed by atoms with Gasteiger partial charge in [-0.15, -0.1) is 0 Å². The van der Waals surface area contributed by atoms with Crippen LogP contribution in [-0.4, -0.2) is 35.9 Å². The quantitative estimate of drug-likeness (QED) is 0.209. The third-order valence-electron chi connectivity index (χ3n) is 6.53. The lowest BCUT2D eigenvalue weighted by molar-refractivity contribution is -0.137. The molecule has 6 nitrogen and oxygen atoms in total. The van der Waals surface area contributed by atoms with Crippen molar-refractivity contribution in [2.75, 3.05) is 23.3 Å². The van der Waals surface area contributed by atoms with Crippen molar-refractivity contribution in [1.29, 1.82) is 0 Å². The number of ether oxygens (including phenoxy) is 1. The lowest BCUT2D eigenvalue weighted by atomic mass is 9.90. The topological polar surface area (TPSA) is 62.6 Å². The zero-order chi connectivity index (χ0) is 26.4. The fourth-order valence-electron chi connectivity index (χ4n) is 4.69. The third-order valence-corrected chi connectivity index (χ3v) is 7.22. The molecule has 0 bridgehead atoms. The highest BCUT2D eigenvalue weighted by atomic mass is 32.2. The van der Waals surface area contributed by atoms with Gasteiger partial charge in [-0.1, -0.05) is 26.2 Å². The second-order valence-electron chi connectivity index (χ2n) is 9.53. The Bertz CT molecular complexity index is 1080. The van der Waals surface area contributed by atoms with Crippen LogP contribution < -0.4 is 15.0 Å². The van der Waals surface area contributed by atoms with Crippen LogP contribution in [0, 0.1) is 11.8 Å². The van der Waals surface area contributed by atoms with Crippen LogP contribution in [0.5, 0.6) is 5.75 Å². The number of halogens is 5. The van der Waals surface area contributed by atoms with E-state index in [-0.39, 0.29) is 29.1 Å². The van der Waals surface area contributed by atoms with Crippen LogP contribution in [0.1, 0.15) is 57.4 Å². The summed E-state index contributed by atoms with van der Waals surface area (Å²) in [4.78, 5) is 10.2. The molecule has 0 amide bonds. The van der Waals surface area contributed by atoms with Gasteiger partial charge in [0.15, 0.2) is 5.75 Å². The van der Waals surface area contributed by atoms with Gasteiger partial charge in [-0.05, 0) is 55.7 Å². The van der Waals surface area contributed by atoms with Gasteiger partial charge in [0.25, 0.3) is 0 Å². The number of anilines is 3. The van der Waals surface area contributed by atoms with Crippen molar-refractivity contribution in [1.82, 2.24) is 9.97 Å². The number of rotatable bonds is 8. The van der Waals surface area contributed by atoms with Gasteiger partial charge < -0.3 is 15.0 Å². The summed E-state index contributed by atoms with van der Waals surface area (Å²) >= 11 is 1.15. The smallest absolute Gasteiger partial charge is 0.421 e. The molecule has 0 spiro atoms. The standard InChI is InChI=1S/C25H30F5N5OS/c1-16-6-5-11-35(15-16)22-19(25(28,29)30)14-31-24(34-22)33-20-10-9-18(12-21(20)36-23(26)27)37-32-13-17-7-3-2-4-8-17/h9-10,12-14,16-17,23H,2-8,11,15H2,1H3,(H,31,33,34). The van der Waals surface area contributed by atoms with Crippen LogP contribution in [0.15, 0.2) is 33.7 Å². The molecule has 1 atom stereocenters. The molecule has 2 fully saturated rings. The Morgan fingerprint density at radius 3 is 2.65 bits per heavy atom. The van der Waals surface area contributed by atoms with Gasteiger partial charge in [0, 0.05) is 42.3 Å². The van der Waals surface area contributed by atoms with Gasteiger partial charge in [0.1, 0.15) is 11.4 Å². The van der Waals surface area contributed by atoms with E-state index in [4.69, 9.17) is 0 Å². The van der Waals surface area contributed by atoms with E-state index in [9.17, 15) is 22.0 Å². The van der Waals surface area contributed by atoms with Crippen LogP contribution in [-0.2, 0) is 6.18 Å². The predicted molar refractivity (Wildman–Crippen MR) is 135 cm³/mol. The van der Waals surface area contributed by atoms with Crippen LogP contribution in [0.3, 0.4) is 0 Å². The van der Waals surface area contributed by atoms with E-state index in [0.29, 0.717) is 23.9 Å². The highest BCUT2D eigenvalue weighted by Crippen LogP contribution is 2.38. The summed E-state index contributed by atoms with van der Waals surface area (Å²) in [5.41, 5.74) is -0.822.